The largest absolute Gasteiger partial charge is 0.480 e. The topological polar surface area (TPSA) is 93.5 Å². The van der Waals surface area contributed by atoms with Gasteiger partial charge >= 0.3 is 5.97 Å². The zero-order valence-electron chi connectivity index (χ0n) is 11.3. The first kappa shape index (κ1) is 14.1. The Labute approximate surface area is 124 Å². The van der Waals surface area contributed by atoms with Crippen molar-refractivity contribution in [2.45, 2.75) is 19.1 Å². The number of nitrogens with zero attached hydrogens (tertiary/aromatic N) is 2. The molecule has 1 aromatic carbocycles. The maximum absolute atomic E-state index is 13.1. The third-order valence-electron chi connectivity index (χ3n) is 3.18. The highest BCUT2D eigenvalue weighted by Gasteiger charge is 2.29. The van der Waals surface area contributed by atoms with Crippen molar-refractivity contribution in [3.8, 4) is 5.75 Å². The number of amides is 1. The number of fused-ring (bicyclic) bond motifs is 1. The van der Waals surface area contributed by atoms with E-state index >= 15 is 0 Å². The number of anilines is 1. The van der Waals surface area contributed by atoms with E-state index in [2.05, 4.69) is 10.4 Å². The smallest absolute Gasteiger partial charge is 0.325 e. The molecule has 2 N–H and O–H groups in total. The molecule has 114 valence electrons. The number of carbonyl (C=O) groups is 2. The fourth-order valence-corrected chi connectivity index (χ4v) is 2.23. The van der Waals surface area contributed by atoms with Crippen LogP contribution in [0.25, 0.3) is 0 Å². The summed E-state index contributed by atoms with van der Waals surface area (Å²) in [6.45, 7) is -0.291. The molecule has 3 rings (SSSR count). The summed E-state index contributed by atoms with van der Waals surface area (Å²) in [6.07, 6.45) is 0.958. The number of carbonyl (C=O) groups excluding carboxylic acids is 1. The molecule has 0 bridgehead atoms. The van der Waals surface area contributed by atoms with Crippen LogP contribution in [0, 0.1) is 5.82 Å². The van der Waals surface area contributed by atoms with Crippen LogP contribution in [0.15, 0.2) is 30.5 Å². The molecule has 0 saturated carbocycles. The van der Waals surface area contributed by atoms with Crippen LogP contribution in [0.4, 0.5) is 10.2 Å². The van der Waals surface area contributed by atoms with Crippen LogP contribution in [-0.4, -0.2) is 32.9 Å². The average Bonchev–Trinajstić information content (AvgIpc) is 3.04. The second kappa shape index (κ2) is 5.47. The van der Waals surface area contributed by atoms with Crippen LogP contribution >= 0.6 is 0 Å². The molecular formula is C14H12FN3O4. The van der Waals surface area contributed by atoms with Gasteiger partial charge in [0.05, 0.1) is 0 Å². The summed E-state index contributed by atoms with van der Waals surface area (Å²) in [5.41, 5.74) is 0.636. The summed E-state index contributed by atoms with van der Waals surface area (Å²) in [5.74, 6) is -1.11. The van der Waals surface area contributed by atoms with E-state index in [4.69, 9.17) is 9.84 Å². The Balaban J connectivity index is 1.64. The number of nitrogens with one attached hydrogen (secondary N) is 1. The van der Waals surface area contributed by atoms with Gasteiger partial charge in [-0.2, -0.15) is 5.10 Å². The van der Waals surface area contributed by atoms with Crippen LogP contribution in [0.3, 0.4) is 0 Å². The summed E-state index contributed by atoms with van der Waals surface area (Å²) >= 11 is 0. The van der Waals surface area contributed by atoms with E-state index in [-0.39, 0.29) is 24.6 Å². The molecular weight excluding hydrogens is 293 g/mol. The molecule has 1 amide bonds. The number of carboxylic acids is 1. The number of hydrogen-bond acceptors (Lipinski definition) is 4. The lowest BCUT2D eigenvalue weighted by atomic mass is 10.1. The van der Waals surface area contributed by atoms with Crippen molar-refractivity contribution in [1.82, 2.24) is 9.78 Å². The molecule has 0 saturated heterocycles. The van der Waals surface area contributed by atoms with Gasteiger partial charge in [-0.25, -0.2) is 4.39 Å². The molecule has 22 heavy (non-hydrogen) atoms. The lowest BCUT2D eigenvalue weighted by molar-refractivity contribution is -0.137. The van der Waals surface area contributed by atoms with Crippen molar-refractivity contribution in [2.24, 2.45) is 0 Å². The molecule has 0 radical (unpaired) electrons. The van der Waals surface area contributed by atoms with E-state index in [0.29, 0.717) is 11.3 Å². The third-order valence-corrected chi connectivity index (χ3v) is 3.18. The molecule has 1 aromatic heterocycles. The molecule has 0 unspecified atom stereocenters. The van der Waals surface area contributed by atoms with Crippen molar-refractivity contribution in [3.05, 3.63) is 41.8 Å². The zero-order chi connectivity index (χ0) is 15.7. The zero-order valence-corrected chi connectivity index (χ0v) is 11.3. The quantitative estimate of drug-likeness (QED) is 0.880. The highest BCUT2D eigenvalue weighted by Crippen LogP contribution is 2.29. The summed E-state index contributed by atoms with van der Waals surface area (Å²) in [7, 11) is 0. The molecule has 0 spiro atoms. The standard InChI is InChI=1S/C14H12FN3O4/c15-9-1-2-10-8(5-9)6-11(22-10)14(21)16-12-3-4-18(17-12)7-13(19)20/h1-5,11H,6-7H2,(H,19,20)(H,16,17,21)/t11-/m0/s1. The van der Waals surface area contributed by atoms with Crippen LogP contribution in [0.5, 0.6) is 5.75 Å². The summed E-state index contributed by atoms with van der Waals surface area (Å²) in [6, 6.07) is 5.58. The fraction of sp³-hybridized carbons (Fsp3) is 0.214. The Morgan fingerprint density at radius 3 is 3.05 bits per heavy atom. The van der Waals surface area contributed by atoms with Crippen molar-refractivity contribution in [2.75, 3.05) is 5.32 Å². The monoisotopic (exact) mass is 305 g/mol. The first-order valence-electron chi connectivity index (χ1n) is 6.52. The first-order valence-corrected chi connectivity index (χ1v) is 6.52. The minimum atomic E-state index is -1.03. The van der Waals surface area contributed by atoms with Gasteiger partial charge in [0.15, 0.2) is 11.9 Å². The lowest BCUT2D eigenvalue weighted by Gasteiger charge is -2.09. The minimum absolute atomic E-state index is 0.233. The fourth-order valence-electron chi connectivity index (χ4n) is 2.23. The van der Waals surface area contributed by atoms with Crippen LogP contribution in [-0.2, 0) is 22.6 Å². The number of aromatic nitrogens is 2. The lowest BCUT2D eigenvalue weighted by Crippen LogP contribution is -2.31. The molecule has 8 heteroatoms. The summed E-state index contributed by atoms with van der Waals surface area (Å²) in [5, 5.41) is 15.1. The van der Waals surface area contributed by atoms with Gasteiger partial charge in [0.1, 0.15) is 18.1 Å². The second-order valence-corrected chi connectivity index (χ2v) is 4.84. The van der Waals surface area contributed by atoms with Gasteiger partial charge in [-0.05, 0) is 18.2 Å². The van der Waals surface area contributed by atoms with Gasteiger partial charge in [0.25, 0.3) is 5.91 Å². The average molecular weight is 305 g/mol. The van der Waals surface area contributed by atoms with Crippen molar-refractivity contribution in [1.29, 1.82) is 0 Å². The summed E-state index contributed by atoms with van der Waals surface area (Å²) in [4.78, 5) is 22.7. The molecule has 7 nitrogen and oxygen atoms in total. The molecule has 0 aliphatic carbocycles. The minimum Gasteiger partial charge on any atom is -0.480 e. The van der Waals surface area contributed by atoms with E-state index in [1.807, 2.05) is 0 Å². The van der Waals surface area contributed by atoms with Gasteiger partial charge < -0.3 is 15.2 Å². The van der Waals surface area contributed by atoms with Crippen LogP contribution < -0.4 is 10.1 Å². The SMILES string of the molecule is O=C(O)Cn1ccc(NC(=O)[C@@H]2Cc3cc(F)ccc3O2)n1. The van der Waals surface area contributed by atoms with Crippen LogP contribution in [0.1, 0.15) is 5.56 Å². The van der Waals surface area contributed by atoms with Crippen molar-refractivity contribution in [3.63, 3.8) is 0 Å². The van der Waals surface area contributed by atoms with Crippen molar-refractivity contribution >= 4 is 17.7 Å². The Morgan fingerprint density at radius 1 is 1.45 bits per heavy atom. The van der Waals surface area contributed by atoms with Gasteiger partial charge in [-0.3, -0.25) is 14.3 Å². The highest BCUT2D eigenvalue weighted by atomic mass is 19.1. The van der Waals surface area contributed by atoms with E-state index in [9.17, 15) is 14.0 Å². The number of carboxylic acid groups (broad SMARTS) is 1. The summed E-state index contributed by atoms with van der Waals surface area (Å²) < 4.78 is 19.8. The van der Waals surface area contributed by atoms with E-state index < -0.39 is 18.0 Å². The molecule has 2 aromatic rings. The van der Waals surface area contributed by atoms with Gasteiger partial charge in [0, 0.05) is 24.2 Å². The van der Waals surface area contributed by atoms with Gasteiger partial charge in [0.2, 0.25) is 0 Å². The van der Waals surface area contributed by atoms with Crippen molar-refractivity contribution < 1.29 is 23.8 Å². The van der Waals surface area contributed by atoms with E-state index in [1.165, 1.54) is 35.1 Å². The van der Waals surface area contributed by atoms with Gasteiger partial charge in [-0.1, -0.05) is 0 Å². The number of hydrogen-bond donors (Lipinski definition) is 2. The highest BCUT2D eigenvalue weighted by molar-refractivity contribution is 5.94. The van der Waals surface area contributed by atoms with Gasteiger partial charge in [-0.15, -0.1) is 0 Å². The number of ether oxygens (including phenoxy) is 1. The maximum atomic E-state index is 13.1. The predicted octanol–water partition coefficient (Wildman–Crippen LogP) is 1.05. The molecule has 2 heterocycles. The normalized spacial score (nSPS) is 16.0. The predicted molar refractivity (Wildman–Crippen MR) is 73.0 cm³/mol. The Morgan fingerprint density at radius 2 is 2.27 bits per heavy atom. The molecule has 0 fully saturated rings. The molecule has 1 aliphatic rings. The van der Waals surface area contributed by atoms with E-state index in [0.717, 1.165) is 0 Å². The van der Waals surface area contributed by atoms with E-state index in [1.54, 1.807) is 0 Å². The Bertz CT molecular complexity index is 743. The number of benzene rings is 1. The maximum Gasteiger partial charge on any atom is 0.325 e. The number of aliphatic carboxylic acids is 1. The van der Waals surface area contributed by atoms with Crippen LogP contribution in [0.2, 0.25) is 0 Å². The Kier molecular flexibility index (Phi) is 3.50. The Hall–Kier alpha value is -2.90. The number of halogens is 1. The second-order valence-electron chi connectivity index (χ2n) is 4.84. The first-order chi connectivity index (χ1) is 10.5. The molecule has 1 atom stereocenters. The third kappa shape index (κ3) is 2.90. The molecule has 1 aliphatic heterocycles. The number of rotatable bonds is 4.